The van der Waals surface area contributed by atoms with E-state index in [1.54, 1.807) is 18.2 Å². The monoisotopic (exact) mass is 345 g/mol. The Bertz CT molecular complexity index is 778. The zero-order chi connectivity index (χ0) is 17.8. The smallest absolute Gasteiger partial charge is 0.224 e. The first kappa shape index (κ1) is 17.1. The zero-order valence-corrected chi connectivity index (χ0v) is 14.2. The van der Waals surface area contributed by atoms with Gasteiger partial charge in [0.1, 0.15) is 13.2 Å². The van der Waals surface area contributed by atoms with E-state index in [2.05, 4.69) is 5.32 Å². The van der Waals surface area contributed by atoms with Crippen LogP contribution in [0.3, 0.4) is 0 Å². The van der Waals surface area contributed by atoms with Crippen LogP contribution in [0.25, 0.3) is 0 Å². The molecule has 1 heterocycles. The van der Waals surface area contributed by atoms with Crippen LogP contribution in [-0.2, 0) is 11.2 Å². The minimum atomic E-state index is -0.451. The van der Waals surface area contributed by atoms with Gasteiger partial charge in [0.25, 0.3) is 0 Å². The molecule has 25 heavy (non-hydrogen) atoms. The summed E-state index contributed by atoms with van der Waals surface area (Å²) in [6.45, 7) is 2.84. The normalized spacial score (nSPS) is 13.9. The number of carbonyl (C=O) groups excluding carboxylic acids is 1. The van der Waals surface area contributed by atoms with Crippen molar-refractivity contribution >= 4 is 5.91 Å². The molecule has 2 aromatic carbocycles. The Hall–Kier alpha value is -2.76. The number of carbonyl (C=O) groups is 1. The molecule has 1 unspecified atom stereocenters. The first-order valence-corrected chi connectivity index (χ1v) is 8.08. The van der Waals surface area contributed by atoms with Crippen molar-refractivity contribution in [2.75, 3.05) is 20.3 Å². The van der Waals surface area contributed by atoms with Crippen LogP contribution in [0, 0.1) is 5.82 Å². The minimum Gasteiger partial charge on any atom is -0.494 e. The van der Waals surface area contributed by atoms with Crippen LogP contribution >= 0.6 is 0 Å². The molecular weight excluding hydrogens is 325 g/mol. The maximum atomic E-state index is 13.8. The van der Waals surface area contributed by atoms with Gasteiger partial charge in [-0.05, 0) is 42.3 Å². The molecule has 3 rings (SSSR count). The highest BCUT2D eigenvalue weighted by molar-refractivity contribution is 5.79. The van der Waals surface area contributed by atoms with Gasteiger partial charge in [-0.1, -0.05) is 12.1 Å². The molecule has 0 aliphatic carbocycles. The van der Waals surface area contributed by atoms with Crippen LogP contribution in [0.15, 0.2) is 36.4 Å². The fraction of sp³-hybridized carbons (Fsp3) is 0.316. The molecule has 0 aromatic heterocycles. The molecule has 1 amide bonds. The number of methoxy groups -OCH3 is 1. The Morgan fingerprint density at radius 2 is 1.96 bits per heavy atom. The van der Waals surface area contributed by atoms with Gasteiger partial charge in [0.05, 0.1) is 19.6 Å². The van der Waals surface area contributed by atoms with Crippen LogP contribution in [0.1, 0.15) is 24.1 Å². The number of benzene rings is 2. The number of halogens is 1. The van der Waals surface area contributed by atoms with E-state index >= 15 is 0 Å². The van der Waals surface area contributed by atoms with Gasteiger partial charge in [-0.3, -0.25) is 4.79 Å². The molecule has 2 aromatic rings. The Kier molecular flexibility index (Phi) is 5.07. The van der Waals surface area contributed by atoms with Gasteiger partial charge in [-0.15, -0.1) is 0 Å². The largest absolute Gasteiger partial charge is 0.494 e. The average Bonchev–Trinajstić information content (AvgIpc) is 2.61. The van der Waals surface area contributed by atoms with E-state index in [1.165, 1.54) is 13.2 Å². The molecule has 1 aliphatic rings. The van der Waals surface area contributed by atoms with Crippen molar-refractivity contribution in [2.24, 2.45) is 0 Å². The van der Waals surface area contributed by atoms with Gasteiger partial charge in [0.2, 0.25) is 5.91 Å². The molecule has 1 N–H and O–H groups in total. The SMILES string of the molecule is COc1ccc(C(C)NC(=O)Cc2ccc3c(c2)OCCO3)cc1F. The Morgan fingerprint density at radius 1 is 1.20 bits per heavy atom. The quantitative estimate of drug-likeness (QED) is 0.905. The summed E-state index contributed by atoms with van der Waals surface area (Å²) in [5, 5.41) is 2.87. The molecule has 0 fully saturated rings. The lowest BCUT2D eigenvalue weighted by Crippen LogP contribution is -2.28. The van der Waals surface area contributed by atoms with Crippen LogP contribution in [0.2, 0.25) is 0 Å². The summed E-state index contributed by atoms with van der Waals surface area (Å²) in [5.74, 6) is 0.922. The van der Waals surface area contributed by atoms with E-state index in [-0.39, 0.29) is 24.1 Å². The number of rotatable bonds is 5. The minimum absolute atomic E-state index is 0.152. The van der Waals surface area contributed by atoms with Crippen molar-refractivity contribution in [3.8, 4) is 17.2 Å². The highest BCUT2D eigenvalue weighted by Crippen LogP contribution is 2.31. The van der Waals surface area contributed by atoms with Crippen LogP contribution in [0.4, 0.5) is 4.39 Å². The van der Waals surface area contributed by atoms with Crippen molar-refractivity contribution in [1.29, 1.82) is 0 Å². The molecular formula is C19H20FNO4. The van der Waals surface area contributed by atoms with Crippen LogP contribution in [0.5, 0.6) is 17.2 Å². The molecule has 6 heteroatoms. The second kappa shape index (κ2) is 7.42. The van der Waals surface area contributed by atoms with Gasteiger partial charge < -0.3 is 19.5 Å². The van der Waals surface area contributed by atoms with Crippen molar-refractivity contribution in [2.45, 2.75) is 19.4 Å². The molecule has 5 nitrogen and oxygen atoms in total. The number of hydrogen-bond acceptors (Lipinski definition) is 4. The van der Waals surface area contributed by atoms with E-state index in [4.69, 9.17) is 14.2 Å². The van der Waals surface area contributed by atoms with Crippen LogP contribution < -0.4 is 19.5 Å². The molecule has 0 saturated carbocycles. The van der Waals surface area contributed by atoms with Crippen LogP contribution in [-0.4, -0.2) is 26.2 Å². The van der Waals surface area contributed by atoms with E-state index in [1.807, 2.05) is 19.1 Å². The van der Waals surface area contributed by atoms with Gasteiger partial charge in [-0.2, -0.15) is 0 Å². The maximum absolute atomic E-state index is 13.8. The van der Waals surface area contributed by atoms with Gasteiger partial charge in [0.15, 0.2) is 23.1 Å². The van der Waals surface area contributed by atoms with Gasteiger partial charge in [-0.25, -0.2) is 4.39 Å². The number of hydrogen-bond donors (Lipinski definition) is 1. The summed E-state index contributed by atoms with van der Waals surface area (Å²) >= 11 is 0. The van der Waals surface area contributed by atoms with Crippen molar-refractivity contribution in [1.82, 2.24) is 5.32 Å². The maximum Gasteiger partial charge on any atom is 0.224 e. The fourth-order valence-corrected chi connectivity index (χ4v) is 2.71. The third-order valence-corrected chi connectivity index (χ3v) is 4.02. The van der Waals surface area contributed by atoms with E-state index in [0.29, 0.717) is 30.3 Å². The molecule has 132 valence electrons. The fourth-order valence-electron chi connectivity index (χ4n) is 2.71. The van der Waals surface area contributed by atoms with Crippen molar-refractivity contribution in [3.05, 3.63) is 53.3 Å². The molecule has 1 aliphatic heterocycles. The first-order valence-electron chi connectivity index (χ1n) is 8.08. The predicted molar refractivity (Wildman–Crippen MR) is 90.6 cm³/mol. The van der Waals surface area contributed by atoms with Gasteiger partial charge in [0, 0.05) is 0 Å². The van der Waals surface area contributed by atoms with Crippen molar-refractivity contribution < 1.29 is 23.4 Å². The Balaban J connectivity index is 1.63. The highest BCUT2D eigenvalue weighted by Gasteiger charge is 2.15. The summed E-state index contributed by atoms with van der Waals surface area (Å²) in [6, 6.07) is 9.79. The number of fused-ring (bicyclic) bond motifs is 1. The number of amides is 1. The molecule has 0 bridgehead atoms. The lowest BCUT2D eigenvalue weighted by molar-refractivity contribution is -0.121. The summed E-state index contributed by atoms with van der Waals surface area (Å²) < 4.78 is 29.7. The Labute approximate surface area is 145 Å². The second-order valence-electron chi connectivity index (χ2n) is 5.84. The summed E-state index contributed by atoms with van der Waals surface area (Å²) in [4.78, 5) is 12.3. The first-order chi connectivity index (χ1) is 12.1. The third kappa shape index (κ3) is 4.02. The average molecular weight is 345 g/mol. The number of nitrogens with one attached hydrogen (secondary N) is 1. The summed E-state index contributed by atoms with van der Waals surface area (Å²) in [6.07, 6.45) is 0.208. The molecule has 0 saturated heterocycles. The standard InChI is InChI=1S/C19H20FNO4/c1-12(14-4-6-16(23-2)15(20)11-14)21-19(22)10-13-3-5-17-18(9-13)25-8-7-24-17/h3-6,9,11-12H,7-8,10H2,1-2H3,(H,21,22). The molecule has 0 spiro atoms. The van der Waals surface area contributed by atoms with E-state index < -0.39 is 5.82 Å². The van der Waals surface area contributed by atoms with Gasteiger partial charge >= 0.3 is 0 Å². The van der Waals surface area contributed by atoms with Crippen molar-refractivity contribution in [3.63, 3.8) is 0 Å². The topological polar surface area (TPSA) is 56.8 Å². The molecule has 0 radical (unpaired) electrons. The van der Waals surface area contributed by atoms with E-state index in [9.17, 15) is 9.18 Å². The second-order valence-corrected chi connectivity index (χ2v) is 5.84. The number of ether oxygens (including phenoxy) is 3. The lowest BCUT2D eigenvalue weighted by atomic mass is 10.1. The highest BCUT2D eigenvalue weighted by atomic mass is 19.1. The lowest BCUT2D eigenvalue weighted by Gasteiger charge is -2.19. The predicted octanol–water partition coefficient (Wildman–Crippen LogP) is 3.03. The Morgan fingerprint density at radius 3 is 2.68 bits per heavy atom. The molecule has 1 atom stereocenters. The zero-order valence-electron chi connectivity index (χ0n) is 14.2. The van der Waals surface area contributed by atoms with E-state index in [0.717, 1.165) is 5.56 Å². The summed E-state index contributed by atoms with van der Waals surface area (Å²) in [7, 11) is 1.41. The summed E-state index contributed by atoms with van der Waals surface area (Å²) in [5.41, 5.74) is 1.50. The third-order valence-electron chi connectivity index (χ3n) is 4.02.